The van der Waals surface area contributed by atoms with E-state index in [9.17, 15) is 0 Å². The average molecular weight is 231 g/mol. The molecule has 0 aromatic carbocycles. The van der Waals surface area contributed by atoms with Crippen LogP contribution >= 0.6 is 0 Å². The first-order chi connectivity index (χ1) is 7.40. The molecule has 0 radical (unpaired) electrons. The van der Waals surface area contributed by atoms with Gasteiger partial charge in [-0.05, 0) is 26.2 Å². The zero-order valence-corrected chi connectivity index (χ0v) is 11.3. The van der Waals surface area contributed by atoms with Crippen molar-refractivity contribution >= 4 is 6.47 Å². The molecule has 1 unspecified atom stereocenters. The highest BCUT2D eigenvalue weighted by Crippen LogP contribution is 2.20. The molecule has 0 heterocycles. The monoisotopic (exact) mass is 231 g/mol. The molecule has 0 aromatic heterocycles. The highest BCUT2D eigenvalue weighted by molar-refractivity contribution is 5.32. The number of unbranched alkanes of at least 4 members (excludes halogenated alkanes) is 4. The van der Waals surface area contributed by atoms with Gasteiger partial charge >= 0.3 is 0 Å². The maximum absolute atomic E-state index is 8.36. The van der Waals surface area contributed by atoms with Crippen LogP contribution in [0.25, 0.3) is 0 Å². The van der Waals surface area contributed by atoms with E-state index in [2.05, 4.69) is 27.7 Å². The molecule has 0 rings (SSSR count). The van der Waals surface area contributed by atoms with Gasteiger partial charge in [0.15, 0.2) is 0 Å². The zero-order chi connectivity index (χ0) is 13.0. The van der Waals surface area contributed by atoms with Crippen LogP contribution in [-0.4, -0.2) is 17.1 Å². The van der Waals surface area contributed by atoms with E-state index in [0.717, 1.165) is 0 Å². The maximum Gasteiger partial charge on any atom is 0.290 e. The molecule has 16 heavy (non-hydrogen) atoms. The summed E-state index contributed by atoms with van der Waals surface area (Å²) in [4.78, 5) is 8.36. The molecule has 3 N–H and O–H groups in total. The lowest BCUT2D eigenvalue weighted by Gasteiger charge is -2.27. The van der Waals surface area contributed by atoms with Gasteiger partial charge in [0.25, 0.3) is 6.47 Å². The van der Waals surface area contributed by atoms with Gasteiger partial charge in [-0.3, -0.25) is 4.79 Å². The van der Waals surface area contributed by atoms with Crippen LogP contribution in [0.3, 0.4) is 0 Å². The fourth-order valence-corrected chi connectivity index (χ4v) is 1.43. The Bertz CT molecular complexity index is 153. The van der Waals surface area contributed by atoms with Crippen molar-refractivity contribution in [1.29, 1.82) is 0 Å². The molecule has 0 bridgehead atoms. The van der Waals surface area contributed by atoms with Crippen molar-refractivity contribution in [3.05, 3.63) is 0 Å². The Morgan fingerprint density at radius 2 is 1.69 bits per heavy atom. The fourth-order valence-electron chi connectivity index (χ4n) is 1.43. The molecule has 0 aliphatic rings. The van der Waals surface area contributed by atoms with Crippen LogP contribution in [0.2, 0.25) is 0 Å². The Labute approximate surface area is 100 Å². The summed E-state index contributed by atoms with van der Waals surface area (Å²) in [5, 5.41) is 6.89. The average Bonchev–Trinajstić information content (AvgIpc) is 2.17. The summed E-state index contributed by atoms with van der Waals surface area (Å²) in [6.45, 7) is 8.53. The standard InChI is InChI=1S/C12H27N.CH2O2/c1-5-6-7-8-9-10-11(2)12(3,4)13;2-1-3/h11H,5-10,13H2,1-4H3;1H,(H,2,3). The molecular weight excluding hydrogens is 202 g/mol. The van der Waals surface area contributed by atoms with E-state index in [4.69, 9.17) is 15.6 Å². The molecule has 3 heteroatoms. The lowest BCUT2D eigenvalue weighted by atomic mass is 9.86. The zero-order valence-electron chi connectivity index (χ0n) is 11.3. The molecule has 0 fully saturated rings. The quantitative estimate of drug-likeness (QED) is 0.521. The first kappa shape index (κ1) is 17.8. The third-order valence-electron chi connectivity index (χ3n) is 3.01. The summed E-state index contributed by atoms with van der Waals surface area (Å²) in [5.74, 6) is 0.647. The van der Waals surface area contributed by atoms with Crippen molar-refractivity contribution in [3.8, 4) is 0 Å². The summed E-state index contributed by atoms with van der Waals surface area (Å²) in [6.07, 6.45) is 8.13. The van der Waals surface area contributed by atoms with Gasteiger partial charge in [-0.25, -0.2) is 0 Å². The summed E-state index contributed by atoms with van der Waals surface area (Å²) in [6, 6.07) is 0. The minimum Gasteiger partial charge on any atom is -0.483 e. The van der Waals surface area contributed by atoms with Gasteiger partial charge < -0.3 is 10.8 Å². The van der Waals surface area contributed by atoms with Crippen molar-refractivity contribution in [1.82, 2.24) is 0 Å². The Balaban J connectivity index is 0. The molecule has 0 aliphatic heterocycles. The first-order valence-electron chi connectivity index (χ1n) is 6.26. The van der Waals surface area contributed by atoms with E-state index in [0.29, 0.717) is 5.92 Å². The van der Waals surface area contributed by atoms with Crippen molar-refractivity contribution in [3.63, 3.8) is 0 Å². The molecule has 0 spiro atoms. The normalized spacial score (nSPS) is 12.6. The molecular formula is C13H29NO2. The third kappa shape index (κ3) is 13.4. The van der Waals surface area contributed by atoms with Gasteiger partial charge in [-0.1, -0.05) is 46.0 Å². The minimum atomic E-state index is -0.250. The van der Waals surface area contributed by atoms with Gasteiger partial charge in [0.2, 0.25) is 0 Å². The Kier molecular flexibility index (Phi) is 12.2. The number of hydrogen-bond acceptors (Lipinski definition) is 2. The number of carbonyl (C=O) groups is 1. The number of nitrogens with two attached hydrogens (primary N) is 1. The topological polar surface area (TPSA) is 63.3 Å². The minimum absolute atomic E-state index is 0.00472. The highest BCUT2D eigenvalue weighted by Gasteiger charge is 2.19. The van der Waals surface area contributed by atoms with E-state index in [-0.39, 0.29) is 12.0 Å². The second kappa shape index (κ2) is 10.9. The lowest BCUT2D eigenvalue weighted by molar-refractivity contribution is -0.122. The SMILES string of the molecule is CCCCCCCC(C)C(C)(C)N.O=CO. The van der Waals surface area contributed by atoms with Crippen molar-refractivity contribution in [2.75, 3.05) is 0 Å². The third-order valence-corrected chi connectivity index (χ3v) is 3.01. The highest BCUT2D eigenvalue weighted by atomic mass is 16.3. The van der Waals surface area contributed by atoms with Crippen molar-refractivity contribution in [2.45, 2.75) is 71.8 Å². The smallest absolute Gasteiger partial charge is 0.290 e. The largest absolute Gasteiger partial charge is 0.483 e. The molecule has 1 atom stereocenters. The molecule has 0 aliphatic carbocycles. The van der Waals surface area contributed by atoms with E-state index < -0.39 is 0 Å². The van der Waals surface area contributed by atoms with Crippen LogP contribution in [0.4, 0.5) is 0 Å². The molecule has 0 saturated heterocycles. The summed E-state index contributed by atoms with van der Waals surface area (Å²) in [5.41, 5.74) is 6.02. The van der Waals surface area contributed by atoms with Gasteiger partial charge in [-0.2, -0.15) is 0 Å². The van der Waals surface area contributed by atoms with Crippen molar-refractivity contribution < 1.29 is 9.90 Å². The van der Waals surface area contributed by atoms with Gasteiger partial charge in [-0.15, -0.1) is 0 Å². The van der Waals surface area contributed by atoms with E-state index in [1.807, 2.05) is 0 Å². The maximum atomic E-state index is 8.36. The van der Waals surface area contributed by atoms with E-state index >= 15 is 0 Å². The van der Waals surface area contributed by atoms with Crippen LogP contribution in [0.1, 0.15) is 66.2 Å². The summed E-state index contributed by atoms with van der Waals surface area (Å²) < 4.78 is 0. The van der Waals surface area contributed by atoms with Crippen LogP contribution < -0.4 is 5.73 Å². The predicted molar refractivity (Wildman–Crippen MR) is 69.5 cm³/mol. The van der Waals surface area contributed by atoms with Gasteiger partial charge in [0.1, 0.15) is 0 Å². The molecule has 0 saturated carbocycles. The van der Waals surface area contributed by atoms with Crippen LogP contribution in [0, 0.1) is 5.92 Å². The Morgan fingerprint density at radius 3 is 2.06 bits per heavy atom. The Morgan fingerprint density at radius 1 is 1.25 bits per heavy atom. The molecule has 98 valence electrons. The van der Waals surface area contributed by atoms with E-state index in [1.54, 1.807) is 0 Å². The molecule has 0 aromatic rings. The van der Waals surface area contributed by atoms with Gasteiger partial charge in [0, 0.05) is 5.54 Å². The number of carboxylic acid groups (broad SMARTS) is 1. The summed E-state index contributed by atoms with van der Waals surface area (Å²) >= 11 is 0. The first-order valence-corrected chi connectivity index (χ1v) is 6.26. The molecule has 0 amide bonds. The van der Waals surface area contributed by atoms with Crippen LogP contribution in [0.15, 0.2) is 0 Å². The Hall–Kier alpha value is -0.570. The lowest BCUT2D eigenvalue weighted by Crippen LogP contribution is -2.39. The second-order valence-electron chi connectivity index (χ2n) is 5.03. The van der Waals surface area contributed by atoms with Gasteiger partial charge in [0.05, 0.1) is 0 Å². The van der Waals surface area contributed by atoms with Crippen LogP contribution in [0.5, 0.6) is 0 Å². The molecule has 3 nitrogen and oxygen atoms in total. The fraction of sp³-hybridized carbons (Fsp3) is 0.923. The van der Waals surface area contributed by atoms with Crippen molar-refractivity contribution in [2.24, 2.45) is 11.7 Å². The van der Waals surface area contributed by atoms with E-state index in [1.165, 1.54) is 38.5 Å². The number of rotatable bonds is 7. The van der Waals surface area contributed by atoms with Crippen LogP contribution in [-0.2, 0) is 4.79 Å². The second-order valence-corrected chi connectivity index (χ2v) is 5.03. The number of hydrogen-bond donors (Lipinski definition) is 2. The predicted octanol–water partition coefficient (Wildman–Crippen LogP) is 3.42. The summed E-state index contributed by atoms with van der Waals surface area (Å²) in [7, 11) is 0.